The maximum atomic E-state index is 5.28. The number of para-hydroxylation sites is 2. The van der Waals surface area contributed by atoms with Gasteiger partial charge in [0.2, 0.25) is 0 Å². The molecule has 2 N–H and O–H groups in total. The lowest BCUT2D eigenvalue weighted by Crippen LogP contribution is -2.47. The summed E-state index contributed by atoms with van der Waals surface area (Å²) in [4.78, 5) is 9.01. The maximum Gasteiger partial charge on any atom is 0.190 e. The fourth-order valence-electron chi connectivity index (χ4n) is 3.92. The van der Waals surface area contributed by atoms with Gasteiger partial charge in [-0.3, -0.25) is 4.99 Å². The number of nitrogens with zero attached hydrogens (tertiary/aromatic N) is 3. The summed E-state index contributed by atoms with van der Waals surface area (Å²) in [6.45, 7) is 5.73. The van der Waals surface area contributed by atoms with E-state index in [0.29, 0.717) is 5.41 Å². The van der Waals surface area contributed by atoms with E-state index in [9.17, 15) is 0 Å². The Morgan fingerprint density at radius 1 is 1.29 bits per heavy atom. The minimum absolute atomic E-state index is 0. The van der Waals surface area contributed by atoms with Crippen molar-refractivity contribution >= 4 is 41.0 Å². The topological polar surface area (TPSA) is 63.5 Å². The van der Waals surface area contributed by atoms with Crippen LogP contribution in [0.25, 0.3) is 11.0 Å². The van der Waals surface area contributed by atoms with Crippen molar-refractivity contribution in [3.8, 4) is 0 Å². The van der Waals surface area contributed by atoms with Crippen LogP contribution in [-0.4, -0.2) is 49.4 Å². The molecule has 1 fully saturated rings. The molecule has 156 valence electrons. The predicted molar refractivity (Wildman–Crippen MR) is 127 cm³/mol. The smallest absolute Gasteiger partial charge is 0.190 e. The van der Waals surface area contributed by atoms with E-state index in [2.05, 4.69) is 50.3 Å². The number of aliphatic imine (C=N–C) groups is 1. The monoisotopic (exact) mass is 499 g/mol. The zero-order chi connectivity index (χ0) is 19.1. The summed E-state index contributed by atoms with van der Waals surface area (Å²) in [6, 6.07) is 8.33. The van der Waals surface area contributed by atoms with Gasteiger partial charge in [0.1, 0.15) is 5.82 Å². The number of nitrogens with one attached hydrogen (secondary N) is 2. The van der Waals surface area contributed by atoms with Gasteiger partial charge in [0, 0.05) is 40.4 Å². The van der Waals surface area contributed by atoms with E-state index < -0.39 is 0 Å². The molecule has 2 aromatic rings. The van der Waals surface area contributed by atoms with Crippen molar-refractivity contribution in [1.82, 2.24) is 20.2 Å². The molecule has 0 bridgehead atoms. The Kier molecular flexibility index (Phi) is 9.01. The Hall–Kier alpha value is -1.35. The molecule has 0 atom stereocenters. The summed E-state index contributed by atoms with van der Waals surface area (Å²) in [5, 5.41) is 6.97. The number of aryl methyl sites for hydroxylation is 2. The van der Waals surface area contributed by atoms with Gasteiger partial charge < -0.3 is 19.9 Å². The van der Waals surface area contributed by atoms with Crippen molar-refractivity contribution in [1.29, 1.82) is 0 Å². The van der Waals surface area contributed by atoms with Crippen LogP contribution in [0.4, 0.5) is 0 Å². The molecule has 28 heavy (non-hydrogen) atoms. The molecule has 7 heteroatoms. The molecular weight excluding hydrogens is 465 g/mol. The van der Waals surface area contributed by atoms with Crippen LogP contribution in [0.3, 0.4) is 0 Å². The number of methoxy groups -OCH3 is 1. The lowest BCUT2D eigenvalue weighted by Gasteiger charge is -2.42. The Labute approximate surface area is 185 Å². The van der Waals surface area contributed by atoms with Gasteiger partial charge in [0.25, 0.3) is 0 Å². The summed E-state index contributed by atoms with van der Waals surface area (Å²) in [5.41, 5.74) is 2.67. The molecule has 1 aliphatic rings. The van der Waals surface area contributed by atoms with Crippen LogP contribution in [-0.2, 0) is 11.3 Å². The molecule has 0 spiro atoms. The molecule has 0 radical (unpaired) electrons. The van der Waals surface area contributed by atoms with Gasteiger partial charge in [0.15, 0.2) is 5.96 Å². The number of imidazole rings is 1. The van der Waals surface area contributed by atoms with Crippen molar-refractivity contribution in [3.63, 3.8) is 0 Å². The van der Waals surface area contributed by atoms with Gasteiger partial charge in [-0.2, -0.15) is 0 Å². The second kappa shape index (κ2) is 11.0. The molecule has 0 amide bonds. The molecular formula is C21H34IN5O. The Morgan fingerprint density at radius 3 is 2.75 bits per heavy atom. The fourth-order valence-corrected chi connectivity index (χ4v) is 3.92. The summed E-state index contributed by atoms with van der Waals surface area (Å²) < 4.78 is 7.57. The SMILES string of the molecule is CN=C(NCCCn1c(C)nc2ccccc21)NCC1(CCOC)CCC1.I. The number of ether oxygens (including phenoxy) is 1. The van der Waals surface area contributed by atoms with E-state index in [1.165, 1.54) is 24.8 Å². The lowest BCUT2D eigenvalue weighted by molar-refractivity contribution is 0.0732. The standard InChI is InChI=1S/C21H33N5O.HI/c1-17-25-18-8-4-5-9-19(18)26(17)14-7-13-23-20(22-2)24-16-21(10-6-11-21)12-15-27-3;/h4-5,8-9H,6-7,10-16H2,1-3H3,(H2,22,23,24);1H. The second-order valence-corrected chi connectivity index (χ2v) is 7.60. The number of rotatable bonds is 9. The number of fused-ring (bicyclic) bond motifs is 1. The maximum absolute atomic E-state index is 5.28. The third-order valence-electron chi connectivity index (χ3n) is 5.80. The molecule has 1 aliphatic carbocycles. The molecule has 1 aromatic heterocycles. The Bertz CT molecular complexity index is 769. The normalized spacial score (nSPS) is 15.8. The van der Waals surface area contributed by atoms with Gasteiger partial charge >= 0.3 is 0 Å². The molecule has 6 nitrogen and oxygen atoms in total. The molecule has 1 heterocycles. The fraction of sp³-hybridized carbons (Fsp3) is 0.619. The predicted octanol–water partition coefficient (Wildman–Crippen LogP) is 3.72. The third kappa shape index (κ3) is 5.59. The lowest BCUT2D eigenvalue weighted by atomic mass is 9.67. The first-order chi connectivity index (χ1) is 13.2. The van der Waals surface area contributed by atoms with Crippen molar-refractivity contribution in [2.24, 2.45) is 10.4 Å². The summed E-state index contributed by atoms with van der Waals surface area (Å²) in [5.74, 6) is 1.97. The van der Waals surface area contributed by atoms with Crippen LogP contribution >= 0.6 is 24.0 Å². The second-order valence-electron chi connectivity index (χ2n) is 7.60. The molecule has 0 unspecified atom stereocenters. The molecule has 1 saturated carbocycles. The number of guanidine groups is 1. The largest absolute Gasteiger partial charge is 0.385 e. The van der Waals surface area contributed by atoms with E-state index in [-0.39, 0.29) is 24.0 Å². The highest BCUT2D eigenvalue weighted by atomic mass is 127. The summed E-state index contributed by atoms with van der Waals surface area (Å²) in [7, 11) is 3.62. The van der Waals surface area contributed by atoms with Crippen LogP contribution < -0.4 is 10.6 Å². The van der Waals surface area contributed by atoms with Gasteiger partial charge in [-0.15, -0.1) is 24.0 Å². The zero-order valence-corrected chi connectivity index (χ0v) is 19.7. The molecule has 0 aliphatic heterocycles. The van der Waals surface area contributed by atoms with E-state index in [4.69, 9.17) is 4.74 Å². The van der Waals surface area contributed by atoms with E-state index in [1.54, 1.807) is 7.11 Å². The Morgan fingerprint density at radius 2 is 2.07 bits per heavy atom. The zero-order valence-electron chi connectivity index (χ0n) is 17.3. The van der Waals surface area contributed by atoms with Crippen LogP contribution in [0.2, 0.25) is 0 Å². The number of halogens is 1. The van der Waals surface area contributed by atoms with E-state index >= 15 is 0 Å². The van der Waals surface area contributed by atoms with Crippen LogP contribution in [0.15, 0.2) is 29.3 Å². The first-order valence-corrected chi connectivity index (χ1v) is 10.0. The van der Waals surface area contributed by atoms with Gasteiger partial charge in [0.05, 0.1) is 11.0 Å². The van der Waals surface area contributed by atoms with Gasteiger partial charge in [-0.25, -0.2) is 4.98 Å². The van der Waals surface area contributed by atoms with Crippen LogP contribution in [0, 0.1) is 12.3 Å². The van der Waals surface area contributed by atoms with Crippen LogP contribution in [0.1, 0.15) is 37.9 Å². The highest BCUT2D eigenvalue weighted by molar-refractivity contribution is 14.0. The first kappa shape index (κ1) is 22.9. The first-order valence-electron chi connectivity index (χ1n) is 10.0. The van der Waals surface area contributed by atoms with Gasteiger partial charge in [-0.1, -0.05) is 18.6 Å². The van der Waals surface area contributed by atoms with Crippen molar-refractivity contribution < 1.29 is 4.74 Å². The quantitative estimate of drug-likeness (QED) is 0.239. The third-order valence-corrected chi connectivity index (χ3v) is 5.80. The summed E-state index contributed by atoms with van der Waals surface area (Å²) in [6.07, 6.45) is 6.05. The Balaban J connectivity index is 0.00000280. The molecule has 3 rings (SSSR count). The van der Waals surface area contributed by atoms with Crippen molar-refractivity contribution in [3.05, 3.63) is 30.1 Å². The van der Waals surface area contributed by atoms with E-state index in [0.717, 1.165) is 56.4 Å². The average molecular weight is 499 g/mol. The van der Waals surface area contributed by atoms with E-state index in [1.807, 2.05) is 13.1 Å². The van der Waals surface area contributed by atoms with Crippen molar-refractivity contribution in [2.75, 3.05) is 33.9 Å². The minimum Gasteiger partial charge on any atom is -0.385 e. The van der Waals surface area contributed by atoms with Crippen LogP contribution in [0.5, 0.6) is 0 Å². The number of hydrogen-bond donors (Lipinski definition) is 2. The minimum atomic E-state index is 0. The summed E-state index contributed by atoms with van der Waals surface area (Å²) >= 11 is 0. The number of hydrogen-bond acceptors (Lipinski definition) is 3. The highest BCUT2D eigenvalue weighted by Crippen LogP contribution is 2.43. The number of benzene rings is 1. The number of aromatic nitrogens is 2. The van der Waals surface area contributed by atoms with Gasteiger partial charge in [-0.05, 0) is 50.2 Å². The highest BCUT2D eigenvalue weighted by Gasteiger charge is 2.36. The molecule has 1 aromatic carbocycles. The van der Waals surface area contributed by atoms with Crippen molar-refractivity contribution in [2.45, 2.75) is 45.6 Å². The average Bonchev–Trinajstić information content (AvgIpc) is 2.97. The molecule has 0 saturated heterocycles.